The molecule has 0 aliphatic carbocycles. The molecule has 6 heteroatoms. The van der Waals surface area contributed by atoms with Crippen LogP contribution >= 0.6 is 11.8 Å². The molecule has 2 aromatic carbocycles. The second-order valence-corrected chi connectivity index (χ2v) is 6.89. The van der Waals surface area contributed by atoms with E-state index in [4.69, 9.17) is 9.47 Å². The Balaban J connectivity index is 1.66. The Labute approximate surface area is 165 Å². The van der Waals surface area contributed by atoms with Crippen molar-refractivity contribution in [2.24, 2.45) is 5.10 Å². The van der Waals surface area contributed by atoms with Crippen LogP contribution in [0.5, 0.6) is 11.5 Å². The average molecular weight is 387 g/mol. The van der Waals surface area contributed by atoms with E-state index < -0.39 is 0 Å². The van der Waals surface area contributed by atoms with Gasteiger partial charge in [-0.2, -0.15) is 5.10 Å². The first-order valence-corrected chi connectivity index (χ1v) is 10.1. The van der Waals surface area contributed by atoms with E-state index in [1.807, 2.05) is 48.5 Å². The van der Waals surface area contributed by atoms with Crippen molar-refractivity contribution in [3.05, 3.63) is 59.7 Å². The van der Waals surface area contributed by atoms with Crippen molar-refractivity contribution in [3.63, 3.8) is 0 Å². The van der Waals surface area contributed by atoms with Crippen LogP contribution < -0.4 is 14.9 Å². The molecule has 0 saturated heterocycles. The predicted molar refractivity (Wildman–Crippen MR) is 112 cm³/mol. The van der Waals surface area contributed by atoms with Crippen LogP contribution in [0.3, 0.4) is 0 Å². The molecule has 0 atom stereocenters. The molecule has 1 amide bonds. The van der Waals surface area contributed by atoms with Crippen LogP contribution in [0.1, 0.15) is 30.9 Å². The Morgan fingerprint density at radius 1 is 1.11 bits per heavy atom. The zero-order chi connectivity index (χ0) is 19.3. The van der Waals surface area contributed by atoms with Gasteiger partial charge in [0.05, 0.1) is 25.7 Å². The van der Waals surface area contributed by atoms with E-state index in [-0.39, 0.29) is 5.91 Å². The SMILES string of the molecule is CCCCOc1ccc(/C=N\NC(=O)CSCc2ccc(OC)cc2)cc1. The molecular weight excluding hydrogens is 360 g/mol. The van der Waals surface area contributed by atoms with Gasteiger partial charge in [0.1, 0.15) is 11.5 Å². The maximum absolute atomic E-state index is 11.8. The van der Waals surface area contributed by atoms with Crippen molar-refractivity contribution in [2.45, 2.75) is 25.5 Å². The molecule has 0 radical (unpaired) electrons. The number of hydrogen-bond acceptors (Lipinski definition) is 5. The maximum atomic E-state index is 11.8. The molecule has 5 nitrogen and oxygen atoms in total. The van der Waals surface area contributed by atoms with Crippen LogP contribution in [0, 0.1) is 0 Å². The van der Waals surface area contributed by atoms with E-state index in [9.17, 15) is 4.79 Å². The quantitative estimate of drug-likeness (QED) is 0.356. The molecule has 2 aromatic rings. The lowest BCUT2D eigenvalue weighted by atomic mass is 10.2. The first-order chi connectivity index (χ1) is 13.2. The Morgan fingerprint density at radius 2 is 1.81 bits per heavy atom. The number of benzene rings is 2. The van der Waals surface area contributed by atoms with Gasteiger partial charge in [-0.05, 0) is 53.9 Å². The normalized spacial score (nSPS) is 10.7. The van der Waals surface area contributed by atoms with Crippen molar-refractivity contribution >= 4 is 23.9 Å². The van der Waals surface area contributed by atoms with E-state index in [2.05, 4.69) is 17.5 Å². The standard InChI is InChI=1S/C21H26N2O3S/c1-3-4-13-26-20-11-5-17(6-12-20)14-22-23-21(24)16-27-15-18-7-9-19(25-2)10-8-18/h5-12,14H,3-4,13,15-16H2,1-2H3,(H,23,24)/b22-14-. The van der Waals surface area contributed by atoms with Crippen molar-refractivity contribution in [2.75, 3.05) is 19.5 Å². The van der Waals surface area contributed by atoms with Crippen molar-refractivity contribution in [1.29, 1.82) is 0 Å². The molecule has 0 unspecified atom stereocenters. The number of unbranched alkanes of at least 4 members (excludes halogenated alkanes) is 1. The lowest BCUT2D eigenvalue weighted by Gasteiger charge is -2.05. The summed E-state index contributed by atoms with van der Waals surface area (Å²) in [6.07, 6.45) is 3.79. The summed E-state index contributed by atoms with van der Waals surface area (Å²) in [5, 5.41) is 4.00. The zero-order valence-corrected chi connectivity index (χ0v) is 16.6. The van der Waals surface area contributed by atoms with Gasteiger partial charge >= 0.3 is 0 Å². The van der Waals surface area contributed by atoms with Gasteiger partial charge in [-0.15, -0.1) is 11.8 Å². The molecule has 0 bridgehead atoms. The van der Waals surface area contributed by atoms with Gasteiger partial charge in [0.2, 0.25) is 5.91 Å². The molecule has 0 aliphatic heterocycles. The predicted octanol–water partition coefficient (Wildman–Crippen LogP) is 4.26. The van der Waals surface area contributed by atoms with Crippen LogP contribution in [-0.2, 0) is 10.5 Å². The summed E-state index contributed by atoms with van der Waals surface area (Å²) >= 11 is 1.54. The van der Waals surface area contributed by atoms with Crippen molar-refractivity contribution in [3.8, 4) is 11.5 Å². The Bertz CT molecular complexity index is 715. The highest BCUT2D eigenvalue weighted by Crippen LogP contribution is 2.16. The van der Waals surface area contributed by atoms with E-state index in [0.717, 1.165) is 47.8 Å². The number of ether oxygens (including phenoxy) is 2. The Morgan fingerprint density at radius 3 is 2.48 bits per heavy atom. The summed E-state index contributed by atoms with van der Waals surface area (Å²) < 4.78 is 10.7. The van der Waals surface area contributed by atoms with E-state index >= 15 is 0 Å². The topological polar surface area (TPSA) is 59.9 Å². The number of thioether (sulfide) groups is 1. The minimum atomic E-state index is -0.121. The average Bonchev–Trinajstić information content (AvgIpc) is 2.70. The minimum absolute atomic E-state index is 0.121. The van der Waals surface area contributed by atoms with Crippen LogP contribution in [0.4, 0.5) is 0 Å². The number of hydrazone groups is 1. The van der Waals surface area contributed by atoms with Crippen LogP contribution in [0.25, 0.3) is 0 Å². The summed E-state index contributed by atoms with van der Waals surface area (Å²) in [5.74, 6) is 2.68. The number of rotatable bonds is 11. The second kappa shape index (κ2) is 12.0. The highest BCUT2D eigenvalue weighted by molar-refractivity contribution is 7.99. The Kier molecular flexibility index (Phi) is 9.27. The molecule has 0 fully saturated rings. The van der Waals surface area contributed by atoms with Crippen molar-refractivity contribution in [1.82, 2.24) is 5.43 Å². The largest absolute Gasteiger partial charge is 0.497 e. The van der Waals surface area contributed by atoms with Gasteiger partial charge < -0.3 is 9.47 Å². The smallest absolute Gasteiger partial charge is 0.250 e. The monoisotopic (exact) mass is 386 g/mol. The lowest BCUT2D eigenvalue weighted by Crippen LogP contribution is -2.19. The third-order valence-corrected chi connectivity index (χ3v) is 4.71. The highest BCUT2D eigenvalue weighted by atomic mass is 32.2. The third kappa shape index (κ3) is 8.17. The fourth-order valence-electron chi connectivity index (χ4n) is 2.18. The van der Waals surface area contributed by atoms with Crippen LogP contribution in [0.15, 0.2) is 53.6 Å². The first kappa shape index (κ1) is 20.8. The summed E-state index contributed by atoms with van der Waals surface area (Å²) in [7, 11) is 1.64. The van der Waals surface area contributed by atoms with Gasteiger partial charge in [0, 0.05) is 5.75 Å². The highest BCUT2D eigenvalue weighted by Gasteiger charge is 2.01. The van der Waals surface area contributed by atoms with Gasteiger partial charge in [0.15, 0.2) is 0 Å². The fourth-order valence-corrected chi connectivity index (χ4v) is 2.96. The Hall–Kier alpha value is -2.47. The fraction of sp³-hybridized carbons (Fsp3) is 0.333. The molecule has 0 saturated carbocycles. The number of hydrogen-bond donors (Lipinski definition) is 1. The van der Waals surface area contributed by atoms with Gasteiger partial charge in [-0.25, -0.2) is 5.43 Å². The number of carbonyl (C=O) groups excluding carboxylic acids is 1. The molecule has 0 aliphatic rings. The number of carbonyl (C=O) groups is 1. The molecular formula is C21H26N2O3S. The molecule has 1 N–H and O–H groups in total. The second-order valence-electron chi connectivity index (χ2n) is 5.91. The number of nitrogens with one attached hydrogen (secondary N) is 1. The minimum Gasteiger partial charge on any atom is -0.497 e. The van der Waals surface area contributed by atoms with E-state index in [1.54, 1.807) is 25.1 Å². The molecule has 0 aromatic heterocycles. The third-order valence-electron chi connectivity index (χ3n) is 3.71. The molecule has 144 valence electrons. The first-order valence-electron chi connectivity index (χ1n) is 8.96. The van der Waals surface area contributed by atoms with Gasteiger partial charge in [-0.1, -0.05) is 25.5 Å². The van der Waals surface area contributed by atoms with E-state index in [1.165, 1.54) is 0 Å². The number of methoxy groups -OCH3 is 1. The lowest BCUT2D eigenvalue weighted by molar-refractivity contribution is -0.118. The maximum Gasteiger partial charge on any atom is 0.250 e. The van der Waals surface area contributed by atoms with Crippen LogP contribution in [0.2, 0.25) is 0 Å². The number of nitrogens with zero attached hydrogens (tertiary/aromatic N) is 1. The summed E-state index contributed by atoms with van der Waals surface area (Å²) in [6.45, 7) is 2.86. The molecule has 2 rings (SSSR count). The van der Waals surface area contributed by atoms with Gasteiger partial charge in [-0.3, -0.25) is 4.79 Å². The van der Waals surface area contributed by atoms with E-state index in [0.29, 0.717) is 5.75 Å². The molecule has 27 heavy (non-hydrogen) atoms. The summed E-state index contributed by atoms with van der Waals surface area (Å²) in [6, 6.07) is 15.5. The molecule has 0 heterocycles. The summed E-state index contributed by atoms with van der Waals surface area (Å²) in [5.41, 5.74) is 4.61. The van der Waals surface area contributed by atoms with Gasteiger partial charge in [0.25, 0.3) is 0 Å². The van der Waals surface area contributed by atoms with Crippen molar-refractivity contribution < 1.29 is 14.3 Å². The number of amides is 1. The molecule has 0 spiro atoms. The zero-order valence-electron chi connectivity index (χ0n) is 15.8. The summed E-state index contributed by atoms with van der Waals surface area (Å²) in [4.78, 5) is 11.8. The van der Waals surface area contributed by atoms with Crippen LogP contribution in [-0.4, -0.2) is 31.6 Å².